The minimum atomic E-state index is -0.443. The molecule has 0 N–H and O–H groups in total. The SMILES string of the molecule is O=C(c1ccc2c(c1)OCCO2)C1CCN(C(=O)CCOc2ccc(F)cc2Cl)CC1. The van der Waals surface area contributed by atoms with Crippen LogP contribution in [0.5, 0.6) is 17.2 Å². The zero-order valence-corrected chi connectivity index (χ0v) is 17.7. The molecule has 1 amide bonds. The zero-order valence-electron chi connectivity index (χ0n) is 16.9. The number of ether oxygens (including phenoxy) is 3. The Bertz CT molecular complexity index is 974. The van der Waals surface area contributed by atoms with Crippen molar-refractivity contribution in [3.05, 3.63) is 52.8 Å². The average Bonchev–Trinajstić information content (AvgIpc) is 2.79. The molecule has 2 aliphatic rings. The first-order valence-electron chi connectivity index (χ1n) is 10.3. The number of carbonyl (C=O) groups excluding carboxylic acids is 2. The molecule has 0 atom stereocenters. The van der Waals surface area contributed by atoms with E-state index in [9.17, 15) is 14.0 Å². The van der Waals surface area contributed by atoms with Crippen molar-refractivity contribution in [2.45, 2.75) is 19.3 Å². The van der Waals surface area contributed by atoms with Gasteiger partial charge in [-0.2, -0.15) is 0 Å². The lowest BCUT2D eigenvalue weighted by Crippen LogP contribution is -2.40. The quantitative estimate of drug-likeness (QED) is 0.623. The van der Waals surface area contributed by atoms with E-state index < -0.39 is 5.82 Å². The van der Waals surface area contributed by atoms with Gasteiger partial charge in [0.2, 0.25) is 5.91 Å². The zero-order chi connectivity index (χ0) is 21.8. The third-order valence-corrected chi connectivity index (χ3v) is 5.81. The van der Waals surface area contributed by atoms with Crippen LogP contribution >= 0.6 is 11.6 Å². The van der Waals surface area contributed by atoms with Crippen LogP contribution < -0.4 is 14.2 Å². The van der Waals surface area contributed by atoms with Crippen LogP contribution in [0.15, 0.2) is 36.4 Å². The molecule has 0 aliphatic carbocycles. The Labute approximate surface area is 184 Å². The van der Waals surface area contributed by atoms with Crippen LogP contribution in [0, 0.1) is 11.7 Å². The molecule has 0 bridgehead atoms. The van der Waals surface area contributed by atoms with Gasteiger partial charge in [0.15, 0.2) is 17.3 Å². The van der Waals surface area contributed by atoms with Gasteiger partial charge in [-0.15, -0.1) is 0 Å². The Hall–Kier alpha value is -2.80. The van der Waals surface area contributed by atoms with Crippen molar-refractivity contribution in [1.82, 2.24) is 4.90 Å². The molecule has 1 saturated heterocycles. The number of benzene rings is 2. The van der Waals surface area contributed by atoms with Crippen molar-refractivity contribution in [2.75, 3.05) is 32.9 Å². The average molecular weight is 448 g/mol. The van der Waals surface area contributed by atoms with Crippen LogP contribution in [0.1, 0.15) is 29.6 Å². The molecule has 31 heavy (non-hydrogen) atoms. The van der Waals surface area contributed by atoms with Crippen LogP contribution in [0.3, 0.4) is 0 Å². The second-order valence-electron chi connectivity index (χ2n) is 7.55. The maximum atomic E-state index is 13.1. The Morgan fingerprint density at radius 1 is 1.06 bits per heavy atom. The molecule has 2 aromatic carbocycles. The van der Waals surface area contributed by atoms with Gasteiger partial charge in [0.1, 0.15) is 24.8 Å². The van der Waals surface area contributed by atoms with E-state index in [0.717, 1.165) is 0 Å². The van der Waals surface area contributed by atoms with Gasteiger partial charge in [0.05, 0.1) is 18.1 Å². The first-order valence-corrected chi connectivity index (χ1v) is 10.7. The third-order valence-electron chi connectivity index (χ3n) is 5.51. The Kier molecular flexibility index (Phi) is 6.61. The summed E-state index contributed by atoms with van der Waals surface area (Å²) in [6, 6.07) is 9.15. The molecule has 8 heteroatoms. The summed E-state index contributed by atoms with van der Waals surface area (Å²) in [5, 5.41) is 0.172. The van der Waals surface area contributed by atoms with Crippen molar-refractivity contribution in [3.63, 3.8) is 0 Å². The first-order chi connectivity index (χ1) is 15.0. The van der Waals surface area contributed by atoms with E-state index in [0.29, 0.717) is 62.0 Å². The fourth-order valence-electron chi connectivity index (χ4n) is 3.82. The van der Waals surface area contributed by atoms with Gasteiger partial charge >= 0.3 is 0 Å². The van der Waals surface area contributed by atoms with Crippen molar-refractivity contribution >= 4 is 23.3 Å². The fourth-order valence-corrected chi connectivity index (χ4v) is 4.04. The van der Waals surface area contributed by atoms with Gasteiger partial charge in [-0.1, -0.05) is 11.6 Å². The van der Waals surface area contributed by atoms with E-state index >= 15 is 0 Å². The molecule has 164 valence electrons. The van der Waals surface area contributed by atoms with E-state index in [4.69, 9.17) is 25.8 Å². The minimum absolute atomic E-state index is 0.0385. The van der Waals surface area contributed by atoms with E-state index in [2.05, 4.69) is 0 Å². The Balaban J connectivity index is 1.25. The van der Waals surface area contributed by atoms with E-state index in [-0.39, 0.29) is 35.7 Å². The summed E-state index contributed by atoms with van der Waals surface area (Å²) in [4.78, 5) is 27.1. The molecular weight excluding hydrogens is 425 g/mol. The lowest BCUT2D eigenvalue weighted by Gasteiger charge is -2.31. The summed E-state index contributed by atoms with van der Waals surface area (Å²) in [5.74, 6) is 1.07. The van der Waals surface area contributed by atoms with E-state index in [1.165, 1.54) is 18.2 Å². The molecule has 0 saturated carbocycles. The molecule has 2 aromatic rings. The highest BCUT2D eigenvalue weighted by molar-refractivity contribution is 6.32. The molecule has 4 rings (SSSR count). The van der Waals surface area contributed by atoms with Gasteiger partial charge < -0.3 is 19.1 Å². The summed E-state index contributed by atoms with van der Waals surface area (Å²) in [6.07, 6.45) is 1.42. The maximum absolute atomic E-state index is 13.1. The smallest absolute Gasteiger partial charge is 0.225 e. The van der Waals surface area contributed by atoms with Crippen LogP contribution in [0.25, 0.3) is 0 Å². The number of carbonyl (C=O) groups is 2. The maximum Gasteiger partial charge on any atom is 0.225 e. The summed E-state index contributed by atoms with van der Waals surface area (Å²) in [6.45, 7) is 2.19. The highest BCUT2D eigenvalue weighted by atomic mass is 35.5. The highest BCUT2D eigenvalue weighted by Gasteiger charge is 2.28. The van der Waals surface area contributed by atoms with Gasteiger partial charge in [-0.25, -0.2) is 4.39 Å². The van der Waals surface area contributed by atoms with Gasteiger partial charge in [0, 0.05) is 24.6 Å². The van der Waals surface area contributed by atoms with Crippen molar-refractivity contribution in [1.29, 1.82) is 0 Å². The monoisotopic (exact) mass is 447 g/mol. The molecule has 2 aliphatic heterocycles. The van der Waals surface area contributed by atoms with Gasteiger partial charge in [0.25, 0.3) is 0 Å². The molecule has 0 unspecified atom stereocenters. The molecule has 1 fully saturated rings. The Morgan fingerprint density at radius 3 is 2.55 bits per heavy atom. The molecule has 0 spiro atoms. The minimum Gasteiger partial charge on any atom is -0.491 e. The molecule has 0 aromatic heterocycles. The number of hydrogen-bond donors (Lipinski definition) is 0. The second kappa shape index (κ2) is 9.56. The summed E-state index contributed by atoms with van der Waals surface area (Å²) < 4.78 is 29.6. The summed E-state index contributed by atoms with van der Waals surface area (Å²) in [7, 11) is 0. The van der Waals surface area contributed by atoms with Crippen LogP contribution in [0.2, 0.25) is 5.02 Å². The fraction of sp³-hybridized carbons (Fsp3) is 0.391. The predicted molar refractivity (Wildman–Crippen MR) is 113 cm³/mol. The standard InChI is InChI=1S/C23H23ClFNO5/c24-18-14-17(25)2-4-19(18)29-10-7-22(27)26-8-5-15(6-9-26)23(28)16-1-3-20-21(13-16)31-12-11-30-20/h1-4,13-15H,5-12H2. The Morgan fingerprint density at radius 2 is 1.81 bits per heavy atom. The van der Waals surface area contributed by atoms with Crippen molar-refractivity contribution in [3.8, 4) is 17.2 Å². The number of rotatable bonds is 6. The number of nitrogens with zero attached hydrogens (tertiary/aromatic N) is 1. The number of fused-ring (bicyclic) bond motifs is 1. The van der Waals surface area contributed by atoms with Crippen LogP contribution in [-0.2, 0) is 4.79 Å². The van der Waals surface area contributed by atoms with Gasteiger partial charge in [-0.3, -0.25) is 9.59 Å². The van der Waals surface area contributed by atoms with E-state index in [1.54, 1.807) is 23.1 Å². The first kappa shape index (κ1) is 21.4. The lowest BCUT2D eigenvalue weighted by molar-refractivity contribution is -0.132. The largest absolute Gasteiger partial charge is 0.491 e. The number of ketones is 1. The van der Waals surface area contributed by atoms with Crippen molar-refractivity contribution in [2.24, 2.45) is 5.92 Å². The molecule has 0 radical (unpaired) electrons. The number of likely N-dealkylation sites (tertiary alicyclic amines) is 1. The molecule has 6 nitrogen and oxygen atoms in total. The number of hydrogen-bond acceptors (Lipinski definition) is 5. The van der Waals surface area contributed by atoms with Crippen LogP contribution in [0.4, 0.5) is 4.39 Å². The highest BCUT2D eigenvalue weighted by Crippen LogP contribution is 2.32. The number of piperidine rings is 1. The van der Waals surface area contributed by atoms with Gasteiger partial charge in [-0.05, 0) is 49.2 Å². The normalized spacial score (nSPS) is 16.1. The lowest BCUT2D eigenvalue weighted by atomic mass is 9.88. The number of halogens is 2. The predicted octanol–water partition coefficient (Wildman–Crippen LogP) is 4.14. The third kappa shape index (κ3) is 5.10. The molecule has 2 heterocycles. The van der Waals surface area contributed by atoms with Crippen molar-refractivity contribution < 1.29 is 28.2 Å². The molecular formula is C23H23ClFNO5. The van der Waals surface area contributed by atoms with Crippen LogP contribution in [-0.4, -0.2) is 49.5 Å². The number of Topliss-reactive ketones (excluding diaryl/α,β-unsaturated/α-hetero) is 1. The summed E-state index contributed by atoms with van der Waals surface area (Å²) >= 11 is 5.92. The number of amides is 1. The second-order valence-corrected chi connectivity index (χ2v) is 7.96. The summed E-state index contributed by atoms with van der Waals surface area (Å²) in [5.41, 5.74) is 0.610. The topological polar surface area (TPSA) is 65.1 Å². The van der Waals surface area contributed by atoms with E-state index in [1.807, 2.05) is 0 Å².